The van der Waals surface area contributed by atoms with Gasteiger partial charge in [0.15, 0.2) is 0 Å². The van der Waals surface area contributed by atoms with Gasteiger partial charge >= 0.3 is 0 Å². The van der Waals surface area contributed by atoms with Gasteiger partial charge in [-0.2, -0.15) is 0 Å². The van der Waals surface area contributed by atoms with Gasteiger partial charge in [-0.25, -0.2) is 14.4 Å². The van der Waals surface area contributed by atoms with Crippen molar-refractivity contribution in [1.82, 2.24) is 9.97 Å². The third-order valence-corrected chi connectivity index (χ3v) is 3.30. The van der Waals surface area contributed by atoms with E-state index >= 15 is 0 Å². The molecule has 3 aromatic rings. The van der Waals surface area contributed by atoms with Crippen LogP contribution in [0.15, 0.2) is 41.1 Å². The number of nitrogens with one attached hydrogen (secondary N) is 1. The van der Waals surface area contributed by atoms with Gasteiger partial charge < -0.3 is 15.6 Å². The monoisotopic (exact) mass is 296 g/mol. The van der Waals surface area contributed by atoms with Crippen LogP contribution in [0.1, 0.15) is 17.0 Å². The maximum Gasteiger partial charge on any atom is 0.229 e. The molecule has 0 fully saturated rings. The lowest BCUT2D eigenvalue weighted by molar-refractivity contribution is 0.567. The first-order valence-corrected chi connectivity index (χ1v) is 6.58. The first-order chi connectivity index (χ1) is 10.6. The zero-order valence-electron chi connectivity index (χ0n) is 11.8. The van der Waals surface area contributed by atoms with Gasteiger partial charge in [-0.3, -0.25) is 0 Å². The van der Waals surface area contributed by atoms with Crippen LogP contribution in [0.25, 0.3) is 22.4 Å². The van der Waals surface area contributed by atoms with Crippen LogP contribution < -0.4 is 5.73 Å². The van der Waals surface area contributed by atoms with Gasteiger partial charge in [-0.15, -0.1) is 0 Å². The van der Waals surface area contributed by atoms with E-state index in [1.54, 1.807) is 18.2 Å². The molecule has 110 valence electrons. The van der Waals surface area contributed by atoms with Gasteiger partial charge in [-0.05, 0) is 42.8 Å². The van der Waals surface area contributed by atoms with E-state index in [0.717, 1.165) is 6.21 Å². The summed E-state index contributed by atoms with van der Waals surface area (Å²) in [4.78, 5) is 8.28. The number of allylic oxidation sites excluding steroid dienone is 1. The number of benzene rings is 1. The Bertz CT molecular complexity index is 881. The fourth-order valence-corrected chi connectivity index (χ4v) is 2.25. The molecule has 2 aromatic heterocycles. The molecule has 22 heavy (non-hydrogen) atoms. The van der Waals surface area contributed by atoms with E-state index in [9.17, 15) is 4.39 Å². The van der Waals surface area contributed by atoms with Gasteiger partial charge in [0.1, 0.15) is 17.9 Å². The molecule has 6 heteroatoms. The number of hydrogen-bond donors (Lipinski definition) is 2. The highest BCUT2D eigenvalue weighted by Gasteiger charge is 2.14. The zero-order chi connectivity index (χ0) is 15.7. The van der Waals surface area contributed by atoms with Gasteiger partial charge in [-0.1, -0.05) is 0 Å². The maximum absolute atomic E-state index is 13.0. The zero-order valence-corrected chi connectivity index (χ0v) is 11.8. The number of hydrogen-bond acceptors (Lipinski definition) is 5. The lowest BCUT2D eigenvalue weighted by atomic mass is 10.0. The molecule has 1 aromatic carbocycles. The minimum Gasteiger partial charge on any atom is -0.443 e. The molecule has 0 aliphatic rings. The number of halogens is 1. The molecule has 0 aliphatic heterocycles. The van der Waals surface area contributed by atoms with Gasteiger partial charge in [0.05, 0.1) is 11.1 Å². The highest BCUT2D eigenvalue weighted by atomic mass is 19.1. The lowest BCUT2D eigenvalue weighted by Gasteiger charge is -2.08. The highest BCUT2D eigenvalue weighted by Crippen LogP contribution is 2.27. The van der Waals surface area contributed by atoms with Crippen LogP contribution >= 0.6 is 0 Å². The molecule has 0 saturated carbocycles. The third kappa shape index (κ3) is 2.35. The smallest absolute Gasteiger partial charge is 0.229 e. The Balaban J connectivity index is 2.22. The summed E-state index contributed by atoms with van der Waals surface area (Å²) in [6.07, 6.45) is 2.49. The Morgan fingerprint density at radius 1 is 1.27 bits per heavy atom. The van der Waals surface area contributed by atoms with Crippen LogP contribution in [0, 0.1) is 18.2 Å². The van der Waals surface area contributed by atoms with Crippen molar-refractivity contribution in [2.24, 2.45) is 5.73 Å². The molecule has 0 amide bonds. The molecule has 0 atom stereocenters. The number of aromatic nitrogens is 2. The second kappa shape index (κ2) is 5.40. The molecule has 0 bridgehead atoms. The van der Waals surface area contributed by atoms with Crippen molar-refractivity contribution in [1.29, 1.82) is 5.41 Å². The lowest BCUT2D eigenvalue weighted by Crippen LogP contribution is -2.04. The van der Waals surface area contributed by atoms with E-state index in [0.29, 0.717) is 39.4 Å². The predicted molar refractivity (Wildman–Crippen MR) is 82.7 cm³/mol. The number of nitrogens with zero attached hydrogens (tertiary/aromatic N) is 2. The largest absolute Gasteiger partial charge is 0.443 e. The van der Waals surface area contributed by atoms with E-state index in [2.05, 4.69) is 9.97 Å². The van der Waals surface area contributed by atoms with Crippen LogP contribution in [0.3, 0.4) is 0 Å². The fraction of sp³-hybridized carbons (Fsp3) is 0.0625. The fourth-order valence-electron chi connectivity index (χ4n) is 2.25. The van der Waals surface area contributed by atoms with Crippen molar-refractivity contribution in [2.45, 2.75) is 6.92 Å². The van der Waals surface area contributed by atoms with E-state index in [1.165, 1.54) is 18.5 Å². The number of rotatable bonds is 3. The molecular weight excluding hydrogens is 283 g/mol. The second-order valence-electron chi connectivity index (χ2n) is 4.78. The van der Waals surface area contributed by atoms with Crippen molar-refractivity contribution in [3.63, 3.8) is 0 Å². The first-order valence-electron chi connectivity index (χ1n) is 6.58. The molecule has 0 saturated heterocycles. The molecule has 5 nitrogen and oxygen atoms in total. The summed E-state index contributed by atoms with van der Waals surface area (Å²) in [5, 5.41) is 8.36. The quantitative estimate of drug-likeness (QED) is 0.727. The molecule has 3 N–H and O–H groups in total. The summed E-state index contributed by atoms with van der Waals surface area (Å²) in [6.45, 7) is 1.81. The molecular formula is C16H13FN4O. The summed E-state index contributed by atoms with van der Waals surface area (Å²) in [5.41, 5.74) is 8.49. The van der Waals surface area contributed by atoms with Gasteiger partial charge in [0.25, 0.3) is 0 Å². The van der Waals surface area contributed by atoms with E-state index < -0.39 is 0 Å². The van der Waals surface area contributed by atoms with E-state index in [4.69, 9.17) is 15.6 Å². The molecule has 0 spiro atoms. The molecule has 0 radical (unpaired) electrons. The van der Waals surface area contributed by atoms with Crippen LogP contribution in [0.5, 0.6) is 0 Å². The van der Waals surface area contributed by atoms with Gasteiger partial charge in [0, 0.05) is 17.5 Å². The molecule has 0 aliphatic carbocycles. The molecule has 2 heterocycles. The first kappa shape index (κ1) is 13.9. The minimum absolute atomic E-state index is 0.342. The van der Waals surface area contributed by atoms with Crippen molar-refractivity contribution < 1.29 is 8.81 Å². The predicted octanol–water partition coefficient (Wildman–Crippen LogP) is 3.15. The van der Waals surface area contributed by atoms with E-state index in [1.807, 2.05) is 6.92 Å². The standard InChI is InChI=1S/C16H13FN4O/c1-9-6-12-15(20-8-21-16(12)22-9)13(7-18)14(19)10-2-4-11(17)5-3-10/h2-8,18H,19H2,1H3/b14-13+,18-7?. The Labute approximate surface area is 125 Å². The maximum atomic E-state index is 13.0. The van der Waals surface area contributed by atoms with E-state index in [-0.39, 0.29) is 5.82 Å². The molecule has 0 unspecified atom stereocenters. The second-order valence-corrected chi connectivity index (χ2v) is 4.78. The van der Waals surface area contributed by atoms with Crippen molar-refractivity contribution >= 4 is 28.6 Å². The van der Waals surface area contributed by atoms with Crippen molar-refractivity contribution in [3.05, 3.63) is 59.5 Å². The average Bonchev–Trinajstić information content (AvgIpc) is 2.89. The summed E-state index contributed by atoms with van der Waals surface area (Å²) in [7, 11) is 0. The highest BCUT2D eigenvalue weighted by molar-refractivity contribution is 6.20. The van der Waals surface area contributed by atoms with Crippen LogP contribution in [-0.2, 0) is 0 Å². The Morgan fingerprint density at radius 2 is 2.00 bits per heavy atom. The van der Waals surface area contributed by atoms with Crippen LogP contribution in [0.2, 0.25) is 0 Å². The summed E-state index contributed by atoms with van der Waals surface area (Å²) >= 11 is 0. The van der Waals surface area contributed by atoms with Crippen molar-refractivity contribution in [2.75, 3.05) is 0 Å². The van der Waals surface area contributed by atoms with Crippen LogP contribution in [-0.4, -0.2) is 16.2 Å². The summed E-state index contributed by atoms with van der Waals surface area (Å²) < 4.78 is 18.5. The Hall–Kier alpha value is -3.02. The van der Waals surface area contributed by atoms with Gasteiger partial charge in [0.2, 0.25) is 5.71 Å². The third-order valence-electron chi connectivity index (χ3n) is 3.30. The number of aryl methyl sites for hydroxylation is 1. The normalized spacial score (nSPS) is 12.3. The number of fused-ring (bicyclic) bond motifs is 1. The number of furan rings is 1. The van der Waals surface area contributed by atoms with Crippen molar-refractivity contribution in [3.8, 4) is 0 Å². The Kier molecular flexibility index (Phi) is 3.42. The minimum atomic E-state index is -0.345. The topological polar surface area (TPSA) is 88.8 Å². The van der Waals surface area contributed by atoms with Crippen LogP contribution in [0.4, 0.5) is 4.39 Å². The number of nitrogens with two attached hydrogens (primary N) is 1. The SMILES string of the molecule is Cc1cc2c(/C(C=N)=C(/N)c3ccc(F)cc3)ncnc2o1. The average molecular weight is 296 g/mol. The summed E-state index contributed by atoms with van der Waals surface area (Å²) in [6, 6.07) is 7.56. The molecule has 3 rings (SSSR count). The Morgan fingerprint density at radius 3 is 2.68 bits per heavy atom. The summed E-state index contributed by atoms with van der Waals surface area (Å²) in [5.74, 6) is 0.351.